The van der Waals surface area contributed by atoms with Gasteiger partial charge in [-0.25, -0.2) is 0 Å². The minimum absolute atomic E-state index is 0.0798. The maximum Gasteiger partial charge on any atom is 0.236 e. The Labute approximate surface area is 83.8 Å². The predicted octanol–water partition coefficient (Wildman–Crippen LogP) is 0.206. The summed E-state index contributed by atoms with van der Waals surface area (Å²) in [7, 11) is 0. The van der Waals surface area contributed by atoms with Gasteiger partial charge in [0.25, 0.3) is 0 Å². The van der Waals surface area contributed by atoms with E-state index in [1.165, 1.54) is 0 Å². The number of rotatable bonds is 6. The van der Waals surface area contributed by atoms with Crippen LogP contribution in [0.1, 0.15) is 13.3 Å². The first-order chi connectivity index (χ1) is 6.22. The summed E-state index contributed by atoms with van der Waals surface area (Å²) in [5.41, 5.74) is 5.51. The predicted molar refractivity (Wildman–Crippen MR) is 57.4 cm³/mol. The van der Waals surface area contributed by atoms with E-state index in [1.54, 1.807) is 11.8 Å². The molecule has 3 nitrogen and oxygen atoms in total. The molecule has 0 saturated carbocycles. The molecule has 1 amide bonds. The summed E-state index contributed by atoms with van der Waals surface area (Å²) >= 11 is 1.62. The van der Waals surface area contributed by atoms with Gasteiger partial charge in [-0.2, -0.15) is 0 Å². The molecule has 0 aliphatic rings. The van der Waals surface area contributed by atoms with Gasteiger partial charge in [0.2, 0.25) is 5.91 Å². The largest absolute Gasteiger partial charge is 0.354 e. The number of carbonyl (C=O) groups is 1. The lowest BCUT2D eigenvalue weighted by Crippen LogP contribution is -2.40. The molecule has 0 heterocycles. The Morgan fingerprint density at radius 3 is 3.00 bits per heavy atom. The highest BCUT2D eigenvalue weighted by Gasteiger charge is 2.08. The molecule has 0 fully saturated rings. The molecule has 1 atom stereocenters. The van der Waals surface area contributed by atoms with Gasteiger partial charge in [-0.1, -0.05) is 12.8 Å². The van der Waals surface area contributed by atoms with Crippen molar-refractivity contribution in [2.75, 3.05) is 18.1 Å². The van der Waals surface area contributed by atoms with Crippen molar-refractivity contribution in [2.45, 2.75) is 19.4 Å². The van der Waals surface area contributed by atoms with Crippen LogP contribution in [0.5, 0.6) is 0 Å². The lowest BCUT2D eigenvalue weighted by molar-refractivity contribution is -0.122. The Morgan fingerprint density at radius 2 is 2.46 bits per heavy atom. The van der Waals surface area contributed by atoms with Crippen molar-refractivity contribution in [3.05, 3.63) is 0 Å². The SMILES string of the molecule is C#CCSCCNC(=O)[C@H](N)CC. The molecule has 0 saturated heterocycles. The van der Waals surface area contributed by atoms with Gasteiger partial charge >= 0.3 is 0 Å². The topological polar surface area (TPSA) is 55.1 Å². The number of terminal acetylenes is 1. The van der Waals surface area contributed by atoms with Crippen molar-refractivity contribution < 1.29 is 4.79 Å². The van der Waals surface area contributed by atoms with Crippen LogP contribution in [-0.2, 0) is 4.79 Å². The zero-order valence-corrected chi connectivity index (χ0v) is 8.69. The summed E-state index contributed by atoms with van der Waals surface area (Å²) in [4.78, 5) is 11.1. The minimum atomic E-state index is -0.377. The monoisotopic (exact) mass is 200 g/mol. The van der Waals surface area contributed by atoms with E-state index in [2.05, 4.69) is 11.2 Å². The minimum Gasteiger partial charge on any atom is -0.354 e. The van der Waals surface area contributed by atoms with Gasteiger partial charge in [0.05, 0.1) is 11.8 Å². The fraction of sp³-hybridized carbons (Fsp3) is 0.667. The number of amides is 1. The van der Waals surface area contributed by atoms with Gasteiger partial charge in [-0.15, -0.1) is 18.2 Å². The van der Waals surface area contributed by atoms with E-state index >= 15 is 0 Å². The normalized spacial score (nSPS) is 11.8. The third-order valence-corrected chi connectivity index (χ3v) is 2.37. The highest BCUT2D eigenvalue weighted by atomic mass is 32.2. The van der Waals surface area contributed by atoms with Crippen molar-refractivity contribution >= 4 is 17.7 Å². The van der Waals surface area contributed by atoms with Gasteiger partial charge in [0.15, 0.2) is 0 Å². The molecule has 0 aromatic rings. The fourth-order valence-electron chi connectivity index (χ4n) is 0.694. The molecule has 0 unspecified atom stereocenters. The Balaban J connectivity index is 3.33. The number of nitrogens with two attached hydrogens (primary N) is 1. The average Bonchev–Trinajstić information content (AvgIpc) is 2.16. The van der Waals surface area contributed by atoms with Gasteiger partial charge in [-0.3, -0.25) is 4.79 Å². The third kappa shape index (κ3) is 6.50. The molecule has 0 rings (SSSR count). The molecule has 0 aliphatic heterocycles. The summed E-state index contributed by atoms with van der Waals surface area (Å²) in [6.07, 6.45) is 5.73. The van der Waals surface area contributed by atoms with Crippen LogP contribution < -0.4 is 11.1 Å². The molecule has 4 heteroatoms. The molecule has 0 aliphatic carbocycles. The first kappa shape index (κ1) is 12.3. The van der Waals surface area contributed by atoms with E-state index in [4.69, 9.17) is 12.2 Å². The zero-order chi connectivity index (χ0) is 10.1. The standard InChI is InChI=1S/C9H16N2OS/c1-3-6-13-7-5-11-9(12)8(10)4-2/h1,8H,4-7,10H2,2H3,(H,11,12)/t8-/m1/s1. The van der Waals surface area contributed by atoms with E-state index in [0.29, 0.717) is 18.7 Å². The number of nitrogens with one attached hydrogen (secondary N) is 1. The molecule has 0 spiro atoms. The molecular formula is C9H16N2OS. The molecule has 3 N–H and O–H groups in total. The van der Waals surface area contributed by atoms with Crippen molar-refractivity contribution in [2.24, 2.45) is 5.73 Å². The van der Waals surface area contributed by atoms with Crippen LogP contribution in [0.25, 0.3) is 0 Å². The lowest BCUT2D eigenvalue weighted by atomic mass is 10.2. The van der Waals surface area contributed by atoms with Gasteiger partial charge in [0, 0.05) is 12.3 Å². The maximum atomic E-state index is 11.1. The quantitative estimate of drug-likeness (QED) is 0.476. The summed E-state index contributed by atoms with van der Waals surface area (Å²) < 4.78 is 0. The van der Waals surface area contributed by atoms with E-state index in [9.17, 15) is 4.79 Å². The van der Waals surface area contributed by atoms with E-state index in [1.807, 2.05) is 6.92 Å². The lowest BCUT2D eigenvalue weighted by Gasteiger charge is -2.08. The second kappa shape index (κ2) is 7.96. The van der Waals surface area contributed by atoms with Crippen molar-refractivity contribution in [3.63, 3.8) is 0 Å². The van der Waals surface area contributed by atoms with Crippen molar-refractivity contribution in [1.29, 1.82) is 0 Å². The highest BCUT2D eigenvalue weighted by Crippen LogP contribution is 1.95. The van der Waals surface area contributed by atoms with Gasteiger partial charge in [-0.05, 0) is 6.42 Å². The van der Waals surface area contributed by atoms with Crippen molar-refractivity contribution in [3.8, 4) is 12.3 Å². The molecule has 0 bridgehead atoms. The van der Waals surface area contributed by atoms with Gasteiger partial charge in [0.1, 0.15) is 0 Å². The van der Waals surface area contributed by atoms with Crippen LogP contribution in [0.15, 0.2) is 0 Å². The molecule has 0 aromatic heterocycles. The molecule has 0 radical (unpaired) electrons. The summed E-state index contributed by atoms with van der Waals surface area (Å²) in [6, 6.07) is -0.377. The second-order valence-electron chi connectivity index (χ2n) is 2.56. The Morgan fingerprint density at radius 1 is 1.77 bits per heavy atom. The molecule has 74 valence electrons. The van der Waals surface area contributed by atoms with Crippen LogP contribution in [-0.4, -0.2) is 30.0 Å². The van der Waals surface area contributed by atoms with Crippen LogP contribution in [0, 0.1) is 12.3 Å². The number of carbonyl (C=O) groups excluding carboxylic acids is 1. The first-order valence-electron chi connectivity index (χ1n) is 4.26. The number of thioether (sulfide) groups is 1. The number of hydrogen-bond donors (Lipinski definition) is 2. The Bertz CT molecular complexity index is 189. The first-order valence-corrected chi connectivity index (χ1v) is 5.42. The molecule has 13 heavy (non-hydrogen) atoms. The van der Waals surface area contributed by atoms with Crippen LogP contribution >= 0.6 is 11.8 Å². The van der Waals surface area contributed by atoms with Crippen molar-refractivity contribution in [1.82, 2.24) is 5.32 Å². The maximum absolute atomic E-state index is 11.1. The van der Waals surface area contributed by atoms with Crippen LogP contribution in [0.2, 0.25) is 0 Å². The fourth-order valence-corrected chi connectivity index (χ4v) is 1.20. The van der Waals surface area contributed by atoms with E-state index in [0.717, 1.165) is 5.75 Å². The Hall–Kier alpha value is -0.660. The summed E-state index contributed by atoms with van der Waals surface area (Å²) in [6.45, 7) is 2.52. The Kier molecular flexibility index (Phi) is 7.56. The second-order valence-corrected chi connectivity index (χ2v) is 3.67. The van der Waals surface area contributed by atoms with Crippen LogP contribution in [0.4, 0.5) is 0 Å². The summed E-state index contributed by atoms with van der Waals surface area (Å²) in [5.74, 6) is 3.97. The number of hydrogen-bond acceptors (Lipinski definition) is 3. The zero-order valence-electron chi connectivity index (χ0n) is 7.88. The average molecular weight is 200 g/mol. The molecular weight excluding hydrogens is 184 g/mol. The summed E-state index contributed by atoms with van der Waals surface area (Å²) in [5, 5.41) is 2.74. The smallest absolute Gasteiger partial charge is 0.236 e. The molecule has 0 aromatic carbocycles. The van der Waals surface area contributed by atoms with Crippen LogP contribution in [0.3, 0.4) is 0 Å². The van der Waals surface area contributed by atoms with Gasteiger partial charge < -0.3 is 11.1 Å². The highest BCUT2D eigenvalue weighted by molar-refractivity contribution is 7.99. The van der Waals surface area contributed by atoms with E-state index < -0.39 is 0 Å². The third-order valence-electron chi connectivity index (χ3n) is 1.51. The van der Waals surface area contributed by atoms with E-state index in [-0.39, 0.29) is 11.9 Å².